The molecule has 3 heteroatoms. The van der Waals surface area contributed by atoms with Gasteiger partial charge in [-0.2, -0.15) is 0 Å². The number of benzene rings is 2. The second-order valence-electron chi connectivity index (χ2n) is 5.96. The number of rotatable bonds is 3. The van der Waals surface area contributed by atoms with E-state index < -0.39 is 0 Å². The van der Waals surface area contributed by atoms with Crippen molar-refractivity contribution >= 4 is 16.7 Å². The number of nitrogens with two attached hydrogens (primary N) is 1. The lowest BCUT2D eigenvalue weighted by atomic mass is 10.0. The number of hydrogen-bond donors (Lipinski definition) is 2. The molecule has 0 fully saturated rings. The van der Waals surface area contributed by atoms with Crippen LogP contribution in [0.15, 0.2) is 42.5 Å². The summed E-state index contributed by atoms with van der Waals surface area (Å²) < 4.78 is 0. The van der Waals surface area contributed by atoms with Crippen LogP contribution < -0.4 is 11.3 Å². The van der Waals surface area contributed by atoms with Crippen LogP contribution in [0, 0.1) is 20.8 Å². The molecule has 112 valence electrons. The molecule has 0 bridgehead atoms. The van der Waals surface area contributed by atoms with Gasteiger partial charge in [-0.15, -0.1) is 0 Å². The second-order valence-corrected chi connectivity index (χ2v) is 5.96. The monoisotopic (exact) mass is 291 g/mol. The fourth-order valence-corrected chi connectivity index (χ4v) is 2.88. The Balaban J connectivity index is 2.09. The molecule has 0 aliphatic carbocycles. The molecular formula is C19H21N3. The Morgan fingerprint density at radius 2 is 1.68 bits per heavy atom. The third kappa shape index (κ3) is 2.81. The minimum absolute atomic E-state index is 0.750. The molecule has 1 heterocycles. The first kappa shape index (κ1) is 14.5. The number of anilines is 1. The van der Waals surface area contributed by atoms with Gasteiger partial charge >= 0.3 is 0 Å². The van der Waals surface area contributed by atoms with E-state index in [9.17, 15) is 0 Å². The fourth-order valence-electron chi connectivity index (χ4n) is 2.88. The largest absolute Gasteiger partial charge is 0.308 e. The molecule has 0 amide bonds. The summed E-state index contributed by atoms with van der Waals surface area (Å²) in [5.41, 5.74) is 9.82. The van der Waals surface area contributed by atoms with Crippen LogP contribution in [0.5, 0.6) is 0 Å². The smallest absolute Gasteiger partial charge is 0.144 e. The number of hydrogen-bond acceptors (Lipinski definition) is 3. The van der Waals surface area contributed by atoms with E-state index in [0.717, 1.165) is 23.3 Å². The zero-order chi connectivity index (χ0) is 15.7. The Morgan fingerprint density at radius 3 is 2.36 bits per heavy atom. The molecule has 22 heavy (non-hydrogen) atoms. The summed E-state index contributed by atoms with van der Waals surface area (Å²) in [5, 5.41) is 1.17. The van der Waals surface area contributed by atoms with E-state index >= 15 is 0 Å². The minimum atomic E-state index is 0.750. The number of nitrogens with zero attached hydrogens (tertiary/aromatic N) is 1. The van der Waals surface area contributed by atoms with E-state index in [2.05, 4.69) is 68.7 Å². The molecule has 3 rings (SSSR count). The van der Waals surface area contributed by atoms with Gasteiger partial charge in [-0.25, -0.2) is 10.8 Å². The third-order valence-corrected chi connectivity index (χ3v) is 3.98. The van der Waals surface area contributed by atoms with Crippen molar-refractivity contribution in [3.8, 4) is 0 Å². The van der Waals surface area contributed by atoms with Gasteiger partial charge in [0.1, 0.15) is 5.82 Å². The zero-order valence-corrected chi connectivity index (χ0v) is 13.3. The maximum Gasteiger partial charge on any atom is 0.144 e. The van der Waals surface area contributed by atoms with Gasteiger partial charge in [0.15, 0.2) is 0 Å². The van der Waals surface area contributed by atoms with Crippen molar-refractivity contribution in [2.24, 2.45) is 5.84 Å². The predicted molar refractivity (Wildman–Crippen MR) is 93.0 cm³/mol. The quantitative estimate of drug-likeness (QED) is 0.565. The Kier molecular flexibility index (Phi) is 3.82. The lowest BCUT2D eigenvalue weighted by Gasteiger charge is -2.12. The number of nitrogens with one attached hydrogen (secondary N) is 1. The fraction of sp³-hybridized carbons (Fsp3) is 0.211. The lowest BCUT2D eigenvalue weighted by Crippen LogP contribution is -2.12. The molecule has 0 aliphatic rings. The molecule has 2 aromatic carbocycles. The van der Waals surface area contributed by atoms with Gasteiger partial charge in [-0.05, 0) is 44.0 Å². The number of aryl methyl sites for hydroxylation is 3. The number of pyridine rings is 1. The first-order chi connectivity index (χ1) is 10.6. The zero-order valence-electron chi connectivity index (χ0n) is 13.3. The van der Waals surface area contributed by atoms with E-state index in [1.807, 2.05) is 0 Å². The summed E-state index contributed by atoms with van der Waals surface area (Å²) in [7, 11) is 0. The third-order valence-electron chi connectivity index (χ3n) is 3.98. The van der Waals surface area contributed by atoms with Crippen LogP contribution in [0.2, 0.25) is 0 Å². The van der Waals surface area contributed by atoms with Gasteiger partial charge in [-0.1, -0.05) is 41.5 Å². The lowest BCUT2D eigenvalue weighted by molar-refractivity contribution is 1.13. The number of aromatic nitrogens is 1. The predicted octanol–water partition coefficient (Wildman–Crippen LogP) is 4.04. The number of fused-ring (bicyclic) bond motifs is 1. The molecule has 3 nitrogen and oxygen atoms in total. The van der Waals surface area contributed by atoms with Crippen LogP contribution in [0.3, 0.4) is 0 Å². The van der Waals surface area contributed by atoms with Crippen molar-refractivity contribution < 1.29 is 0 Å². The molecule has 0 saturated heterocycles. The van der Waals surface area contributed by atoms with Gasteiger partial charge in [0.25, 0.3) is 0 Å². The highest BCUT2D eigenvalue weighted by atomic mass is 15.2. The summed E-state index contributed by atoms with van der Waals surface area (Å²) in [6, 6.07) is 15.1. The van der Waals surface area contributed by atoms with E-state index in [-0.39, 0.29) is 0 Å². The maximum atomic E-state index is 5.69. The van der Waals surface area contributed by atoms with Gasteiger partial charge in [0.05, 0.1) is 5.52 Å². The van der Waals surface area contributed by atoms with Crippen LogP contribution in [-0.2, 0) is 6.42 Å². The highest BCUT2D eigenvalue weighted by Crippen LogP contribution is 2.25. The van der Waals surface area contributed by atoms with Gasteiger partial charge in [0.2, 0.25) is 0 Å². The van der Waals surface area contributed by atoms with Crippen molar-refractivity contribution in [2.75, 3.05) is 5.43 Å². The highest BCUT2D eigenvalue weighted by molar-refractivity contribution is 5.85. The first-order valence-electron chi connectivity index (χ1n) is 7.50. The van der Waals surface area contributed by atoms with E-state index in [1.54, 1.807) is 0 Å². The van der Waals surface area contributed by atoms with E-state index in [1.165, 1.54) is 27.6 Å². The Hall–Kier alpha value is -2.39. The van der Waals surface area contributed by atoms with Crippen molar-refractivity contribution in [1.82, 2.24) is 4.98 Å². The maximum absolute atomic E-state index is 5.69. The van der Waals surface area contributed by atoms with Crippen LogP contribution in [0.4, 0.5) is 5.82 Å². The van der Waals surface area contributed by atoms with Crippen molar-refractivity contribution in [3.63, 3.8) is 0 Å². The molecule has 3 N–H and O–H groups in total. The van der Waals surface area contributed by atoms with E-state index in [0.29, 0.717) is 0 Å². The second kappa shape index (κ2) is 5.78. The Bertz CT molecular complexity index is 820. The molecular weight excluding hydrogens is 270 g/mol. The van der Waals surface area contributed by atoms with E-state index in [4.69, 9.17) is 10.8 Å². The highest BCUT2D eigenvalue weighted by Gasteiger charge is 2.09. The van der Waals surface area contributed by atoms with Crippen LogP contribution in [0.1, 0.15) is 27.8 Å². The van der Waals surface area contributed by atoms with Gasteiger partial charge in [-0.3, -0.25) is 0 Å². The summed E-state index contributed by atoms with van der Waals surface area (Å²) in [6.07, 6.45) is 0.815. The summed E-state index contributed by atoms with van der Waals surface area (Å²) in [6.45, 7) is 6.29. The van der Waals surface area contributed by atoms with Crippen LogP contribution in [0.25, 0.3) is 10.9 Å². The summed E-state index contributed by atoms with van der Waals surface area (Å²) >= 11 is 0. The number of hydrazine groups is 1. The molecule has 1 aromatic heterocycles. The molecule has 3 aromatic rings. The molecule has 0 aliphatic heterocycles. The molecule has 0 radical (unpaired) electrons. The van der Waals surface area contributed by atoms with Crippen molar-refractivity contribution in [3.05, 3.63) is 70.3 Å². The Labute approximate surface area is 131 Å². The Morgan fingerprint density at radius 1 is 0.955 bits per heavy atom. The minimum Gasteiger partial charge on any atom is -0.308 e. The van der Waals surface area contributed by atoms with Crippen LogP contribution in [-0.4, -0.2) is 4.98 Å². The average Bonchev–Trinajstić information content (AvgIpc) is 2.49. The van der Waals surface area contributed by atoms with Gasteiger partial charge < -0.3 is 5.43 Å². The molecule has 0 spiro atoms. The normalized spacial score (nSPS) is 10.9. The summed E-state index contributed by atoms with van der Waals surface area (Å²) in [4.78, 5) is 4.71. The standard InChI is InChI=1S/C19H21N3/c1-12-4-6-15(7-5-12)10-17-11-16-9-13(2)8-14(3)18(16)21-19(17)22-20/h4-9,11H,10,20H2,1-3H3,(H,21,22). The SMILES string of the molecule is Cc1ccc(Cc2cc3cc(C)cc(C)c3nc2NN)cc1. The van der Waals surface area contributed by atoms with Crippen molar-refractivity contribution in [1.29, 1.82) is 0 Å². The van der Waals surface area contributed by atoms with Crippen LogP contribution >= 0.6 is 0 Å². The van der Waals surface area contributed by atoms with Crippen molar-refractivity contribution in [2.45, 2.75) is 27.2 Å². The molecule has 0 atom stereocenters. The average molecular weight is 291 g/mol. The molecule has 0 saturated carbocycles. The number of nitrogen functional groups attached to an aromatic ring is 1. The topological polar surface area (TPSA) is 50.9 Å². The first-order valence-corrected chi connectivity index (χ1v) is 7.50. The molecule has 0 unspecified atom stereocenters. The van der Waals surface area contributed by atoms with Gasteiger partial charge in [0, 0.05) is 17.4 Å². The summed E-state index contributed by atoms with van der Waals surface area (Å²) in [5.74, 6) is 6.44.